The number of benzene rings is 2. The number of nitrogens with zero attached hydrogens (tertiary/aromatic N) is 1. The minimum absolute atomic E-state index is 0.148. The van der Waals surface area contributed by atoms with E-state index in [2.05, 4.69) is 67.7 Å². The molecule has 0 fully saturated rings. The Hall–Kier alpha value is -2.11. The minimum Gasteiger partial charge on any atom is -0.496 e. The molecule has 1 unspecified atom stereocenters. The van der Waals surface area contributed by atoms with Crippen molar-refractivity contribution in [3.05, 3.63) is 59.2 Å². The predicted octanol–water partition coefficient (Wildman–Crippen LogP) is 3.90. The van der Waals surface area contributed by atoms with Crippen LogP contribution in [0, 0.1) is 13.8 Å². The lowest BCUT2D eigenvalue weighted by Gasteiger charge is -2.27. The fourth-order valence-corrected chi connectivity index (χ4v) is 3.13. The van der Waals surface area contributed by atoms with Gasteiger partial charge < -0.3 is 20.3 Å². The standard InChI is InChI=1S/C20H27N3OS/c1-14-10-15(2)12-16(11-14)22-20(25)21-13-18(23(3)4)17-8-6-7-9-19(17)24-5/h6-12,18H,13H2,1-5H3,(H2,21,22,25). The number of nitrogens with one attached hydrogen (secondary N) is 2. The van der Waals surface area contributed by atoms with Gasteiger partial charge >= 0.3 is 0 Å². The second kappa shape index (κ2) is 8.83. The SMILES string of the molecule is COc1ccccc1C(CNC(=S)Nc1cc(C)cc(C)c1)N(C)C. The maximum Gasteiger partial charge on any atom is 0.170 e. The van der Waals surface area contributed by atoms with Gasteiger partial charge in [0.05, 0.1) is 13.2 Å². The van der Waals surface area contributed by atoms with Gasteiger partial charge in [0, 0.05) is 17.8 Å². The minimum atomic E-state index is 0.148. The quantitative estimate of drug-likeness (QED) is 0.767. The summed E-state index contributed by atoms with van der Waals surface area (Å²) in [7, 11) is 5.81. The monoisotopic (exact) mass is 357 g/mol. The Balaban J connectivity index is 2.04. The van der Waals surface area contributed by atoms with Gasteiger partial charge in [0.1, 0.15) is 5.75 Å². The van der Waals surface area contributed by atoms with E-state index in [4.69, 9.17) is 17.0 Å². The number of hydrogen-bond acceptors (Lipinski definition) is 3. The molecule has 0 saturated heterocycles. The predicted molar refractivity (Wildman–Crippen MR) is 110 cm³/mol. The molecule has 0 aliphatic carbocycles. The zero-order chi connectivity index (χ0) is 18.4. The number of likely N-dealkylation sites (N-methyl/N-ethyl adjacent to an activating group) is 1. The summed E-state index contributed by atoms with van der Waals surface area (Å²) in [4.78, 5) is 2.16. The van der Waals surface area contributed by atoms with Crippen molar-refractivity contribution >= 4 is 23.0 Å². The Kier molecular flexibility index (Phi) is 6.79. The average Bonchev–Trinajstić information content (AvgIpc) is 2.54. The molecule has 0 radical (unpaired) electrons. The molecule has 0 heterocycles. The van der Waals surface area contributed by atoms with Gasteiger partial charge in [-0.05, 0) is 69.5 Å². The van der Waals surface area contributed by atoms with E-state index in [1.165, 1.54) is 11.1 Å². The molecule has 2 rings (SSSR count). The molecular formula is C20H27N3OS. The highest BCUT2D eigenvalue weighted by Gasteiger charge is 2.18. The molecule has 0 amide bonds. The lowest BCUT2D eigenvalue weighted by Crippen LogP contribution is -2.36. The molecular weight excluding hydrogens is 330 g/mol. The van der Waals surface area contributed by atoms with Crippen LogP contribution < -0.4 is 15.4 Å². The first kappa shape index (κ1) is 19.2. The van der Waals surface area contributed by atoms with Gasteiger partial charge in [0.2, 0.25) is 0 Å². The van der Waals surface area contributed by atoms with Gasteiger partial charge in [-0.2, -0.15) is 0 Å². The van der Waals surface area contributed by atoms with Crippen molar-refractivity contribution in [3.8, 4) is 5.75 Å². The van der Waals surface area contributed by atoms with E-state index in [-0.39, 0.29) is 6.04 Å². The molecule has 0 aliphatic rings. The number of para-hydroxylation sites is 1. The lowest BCUT2D eigenvalue weighted by atomic mass is 10.0. The average molecular weight is 358 g/mol. The third kappa shape index (κ3) is 5.44. The van der Waals surface area contributed by atoms with Crippen LogP contribution in [0.15, 0.2) is 42.5 Å². The number of aryl methyl sites for hydroxylation is 2. The largest absolute Gasteiger partial charge is 0.496 e. The molecule has 25 heavy (non-hydrogen) atoms. The second-order valence-electron chi connectivity index (χ2n) is 6.43. The van der Waals surface area contributed by atoms with E-state index in [1.54, 1.807) is 7.11 Å². The zero-order valence-corrected chi connectivity index (χ0v) is 16.4. The Labute approximate surface area is 156 Å². The van der Waals surface area contributed by atoms with Crippen molar-refractivity contribution < 1.29 is 4.74 Å². The van der Waals surface area contributed by atoms with Crippen LogP contribution in [0.5, 0.6) is 5.75 Å². The molecule has 0 spiro atoms. The highest BCUT2D eigenvalue weighted by Crippen LogP contribution is 2.27. The smallest absolute Gasteiger partial charge is 0.170 e. The summed E-state index contributed by atoms with van der Waals surface area (Å²) >= 11 is 5.47. The number of methoxy groups -OCH3 is 1. The molecule has 2 aromatic rings. The van der Waals surface area contributed by atoms with Crippen LogP contribution in [0.25, 0.3) is 0 Å². The van der Waals surface area contributed by atoms with Crippen LogP contribution in [0.2, 0.25) is 0 Å². The van der Waals surface area contributed by atoms with Gasteiger partial charge in [-0.25, -0.2) is 0 Å². The van der Waals surface area contributed by atoms with Gasteiger partial charge in [0.15, 0.2) is 5.11 Å². The first-order chi connectivity index (χ1) is 11.9. The Morgan fingerprint density at radius 2 is 1.76 bits per heavy atom. The van der Waals surface area contributed by atoms with Gasteiger partial charge in [0.25, 0.3) is 0 Å². The van der Waals surface area contributed by atoms with E-state index in [0.29, 0.717) is 11.7 Å². The normalized spacial score (nSPS) is 11.9. The summed E-state index contributed by atoms with van der Waals surface area (Å²) in [6, 6.07) is 14.6. The molecule has 5 heteroatoms. The molecule has 1 atom stereocenters. The second-order valence-corrected chi connectivity index (χ2v) is 6.84. The Bertz CT molecular complexity index is 710. The van der Waals surface area contributed by atoms with Gasteiger partial charge in [-0.3, -0.25) is 0 Å². The molecule has 4 nitrogen and oxygen atoms in total. The fourth-order valence-electron chi connectivity index (χ4n) is 2.92. The Morgan fingerprint density at radius 3 is 2.36 bits per heavy atom. The summed E-state index contributed by atoms with van der Waals surface area (Å²) in [6.07, 6.45) is 0. The molecule has 0 bridgehead atoms. The first-order valence-corrected chi connectivity index (χ1v) is 8.74. The maximum atomic E-state index is 5.50. The van der Waals surface area contributed by atoms with E-state index < -0.39 is 0 Å². The summed E-state index contributed by atoms with van der Waals surface area (Å²) in [5.41, 5.74) is 4.57. The van der Waals surface area contributed by atoms with E-state index in [1.807, 2.05) is 18.2 Å². The first-order valence-electron chi connectivity index (χ1n) is 8.33. The summed E-state index contributed by atoms with van der Waals surface area (Å²) in [5, 5.41) is 7.21. The molecule has 0 aromatic heterocycles. The fraction of sp³-hybridized carbons (Fsp3) is 0.350. The van der Waals surface area contributed by atoms with Gasteiger partial charge in [-0.1, -0.05) is 24.3 Å². The van der Waals surface area contributed by atoms with Crippen LogP contribution in [-0.4, -0.2) is 37.8 Å². The molecule has 0 saturated carbocycles. The van der Waals surface area contributed by atoms with E-state index in [9.17, 15) is 0 Å². The van der Waals surface area contributed by atoms with Crippen LogP contribution in [-0.2, 0) is 0 Å². The van der Waals surface area contributed by atoms with Gasteiger partial charge in [-0.15, -0.1) is 0 Å². The summed E-state index contributed by atoms with van der Waals surface area (Å²) < 4.78 is 5.50. The molecule has 134 valence electrons. The van der Waals surface area contributed by atoms with E-state index in [0.717, 1.165) is 17.0 Å². The van der Waals surface area contributed by atoms with Crippen molar-refractivity contribution in [2.45, 2.75) is 19.9 Å². The summed E-state index contributed by atoms with van der Waals surface area (Å²) in [5.74, 6) is 0.885. The topological polar surface area (TPSA) is 36.5 Å². The molecule has 2 N–H and O–H groups in total. The lowest BCUT2D eigenvalue weighted by molar-refractivity contribution is 0.288. The third-order valence-electron chi connectivity index (χ3n) is 4.06. The maximum absolute atomic E-state index is 5.50. The van der Waals surface area contributed by atoms with Crippen molar-refractivity contribution in [1.82, 2.24) is 10.2 Å². The van der Waals surface area contributed by atoms with Crippen LogP contribution >= 0.6 is 12.2 Å². The zero-order valence-electron chi connectivity index (χ0n) is 15.6. The summed E-state index contributed by atoms with van der Waals surface area (Å²) in [6.45, 7) is 4.85. The number of rotatable bonds is 6. The van der Waals surface area contributed by atoms with Crippen molar-refractivity contribution in [2.24, 2.45) is 0 Å². The van der Waals surface area contributed by atoms with Crippen LogP contribution in [0.4, 0.5) is 5.69 Å². The van der Waals surface area contributed by atoms with Crippen LogP contribution in [0.1, 0.15) is 22.7 Å². The number of ether oxygens (including phenoxy) is 1. The molecule has 2 aromatic carbocycles. The number of hydrogen-bond donors (Lipinski definition) is 2. The highest BCUT2D eigenvalue weighted by atomic mass is 32.1. The van der Waals surface area contributed by atoms with Crippen molar-refractivity contribution in [3.63, 3.8) is 0 Å². The molecule has 0 aliphatic heterocycles. The van der Waals surface area contributed by atoms with Crippen molar-refractivity contribution in [1.29, 1.82) is 0 Å². The van der Waals surface area contributed by atoms with Crippen LogP contribution in [0.3, 0.4) is 0 Å². The van der Waals surface area contributed by atoms with E-state index >= 15 is 0 Å². The third-order valence-corrected chi connectivity index (χ3v) is 4.30. The highest BCUT2D eigenvalue weighted by molar-refractivity contribution is 7.80. The Morgan fingerprint density at radius 1 is 1.12 bits per heavy atom. The van der Waals surface area contributed by atoms with Crippen molar-refractivity contribution in [2.75, 3.05) is 33.1 Å². The number of anilines is 1. The number of thiocarbonyl (C=S) groups is 1.